The minimum absolute atomic E-state index is 0.0509. The number of rotatable bonds is 9. The Labute approximate surface area is 156 Å². The molecule has 2 aromatic carbocycles. The second kappa shape index (κ2) is 10.1. The van der Waals surface area contributed by atoms with E-state index in [1.54, 1.807) is 0 Å². The van der Waals surface area contributed by atoms with Gasteiger partial charge in [-0.2, -0.15) is 0 Å². The lowest BCUT2D eigenvalue weighted by Crippen LogP contribution is -2.26. The molecule has 0 radical (unpaired) electrons. The Balaban J connectivity index is 1.82. The van der Waals surface area contributed by atoms with Crippen LogP contribution in [0.1, 0.15) is 29.8 Å². The van der Waals surface area contributed by atoms with Gasteiger partial charge in [-0.3, -0.25) is 4.79 Å². The second-order valence-corrected chi connectivity index (χ2v) is 5.86. The summed E-state index contributed by atoms with van der Waals surface area (Å²) >= 11 is 0. The Morgan fingerprint density at radius 2 is 1.73 bits per heavy atom. The Morgan fingerprint density at radius 3 is 2.31 bits per heavy atom. The fraction of sp³-hybridized carbons (Fsp3) is 0.318. The van der Waals surface area contributed by atoms with Crippen molar-refractivity contribution in [3.8, 4) is 18.1 Å². The third-order valence-corrected chi connectivity index (χ3v) is 4.20. The fourth-order valence-electron chi connectivity index (χ4n) is 2.71. The summed E-state index contributed by atoms with van der Waals surface area (Å²) in [6.07, 6.45) is 5.93. The number of hydrogen-bond donors (Lipinski definition) is 1. The summed E-state index contributed by atoms with van der Waals surface area (Å²) in [6, 6.07) is 15.5. The predicted molar refractivity (Wildman–Crippen MR) is 107 cm³/mol. The minimum atomic E-state index is -0.0509. The Kier molecular flexibility index (Phi) is 7.57. The van der Waals surface area contributed by atoms with Gasteiger partial charge in [0.25, 0.3) is 5.91 Å². The Morgan fingerprint density at radius 1 is 1.08 bits per heavy atom. The van der Waals surface area contributed by atoms with Gasteiger partial charge in [0.15, 0.2) is 0 Å². The van der Waals surface area contributed by atoms with E-state index < -0.39 is 0 Å². The molecule has 0 atom stereocenters. The molecule has 2 rings (SSSR count). The SMILES string of the molecule is C#CCOc1ccc(CCNC(=O)c2ccc(N(CC)CC)cc2)cc1. The van der Waals surface area contributed by atoms with Crippen LogP contribution in [0.4, 0.5) is 5.69 Å². The van der Waals surface area contributed by atoms with E-state index in [9.17, 15) is 4.79 Å². The molecule has 0 aliphatic rings. The molecular weight excluding hydrogens is 324 g/mol. The number of carbonyl (C=O) groups is 1. The maximum atomic E-state index is 12.3. The van der Waals surface area contributed by atoms with Crippen LogP contribution in [-0.4, -0.2) is 32.1 Å². The van der Waals surface area contributed by atoms with Crippen molar-refractivity contribution >= 4 is 11.6 Å². The standard InChI is InChI=1S/C22H26N2O2/c1-4-17-26-21-13-7-18(8-14-21)15-16-23-22(25)19-9-11-20(12-10-19)24(5-2)6-3/h1,7-14H,5-6,15-17H2,2-3H3,(H,23,25). The summed E-state index contributed by atoms with van der Waals surface area (Å²) < 4.78 is 5.34. The lowest BCUT2D eigenvalue weighted by Gasteiger charge is -2.21. The van der Waals surface area contributed by atoms with Gasteiger partial charge >= 0.3 is 0 Å². The van der Waals surface area contributed by atoms with Crippen molar-refractivity contribution in [2.45, 2.75) is 20.3 Å². The average molecular weight is 350 g/mol. The number of ether oxygens (including phenoxy) is 1. The number of benzene rings is 2. The van der Waals surface area contributed by atoms with Gasteiger partial charge < -0.3 is 15.0 Å². The fourth-order valence-corrected chi connectivity index (χ4v) is 2.71. The smallest absolute Gasteiger partial charge is 0.251 e. The molecule has 4 nitrogen and oxygen atoms in total. The number of nitrogens with zero attached hydrogens (tertiary/aromatic N) is 1. The molecule has 2 aromatic rings. The number of carbonyl (C=O) groups excluding carboxylic acids is 1. The summed E-state index contributed by atoms with van der Waals surface area (Å²) in [7, 11) is 0. The first kappa shape index (κ1) is 19.4. The largest absolute Gasteiger partial charge is 0.481 e. The number of nitrogens with one attached hydrogen (secondary N) is 1. The van der Waals surface area contributed by atoms with Crippen LogP contribution in [0.2, 0.25) is 0 Å². The number of terminal acetylenes is 1. The molecule has 0 fully saturated rings. The van der Waals surface area contributed by atoms with Gasteiger partial charge in [-0.1, -0.05) is 18.1 Å². The van der Waals surface area contributed by atoms with E-state index in [0.717, 1.165) is 36.5 Å². The molecule has 4 heteroatoms. The van der Waals surface area contributed by atoms with Crippen molar-refractivity contribution in [1.29, 1.82) is 0 Å². The van der Waals surface area contributed by atoms with Crippen LogP contribution in [0, 0.1) is 12.3 Å². The van der Waals surface area contributed by atoms with Crippen LogP contribution in [-0.2, 0) is 6.42 Å². The third kappa shape index (κ3) is 5.56. The molecule has 0 saturated carbocycles. The topological polar surface area (TPSA) is 41.6 Å². The lowest BCUT2D eigenvalue weighted by molar-refractivity contribution is 0.0954. The van der Waals surface area contributed by atoms with Crippen molar-refractivity contribution in [3.05, 3.63) is 59.7 Å². The van der Waals surface area contributed by atoms with E-state index in [0.29, 0.717) is 12.1 Å². The average Bonchev–Trinajstić information content (AvgIpc) is 2.69. The van der Waals surface area contributed by atoms with Crippen molar-refractivity contribution in [3.63, 3.8) is 0 Å². The number of hydrogen-bond acceptors (Lipinski definition) is 3. The molecule has 0 aliphatic carbocycles. The first-order chi connectivity index (χ1) is 12.7. The normalized spacial score (nSPS) is 10.0. The highest BCUT2D eigenvalue weighted by molar-refractivity contribution is 5.94. The van der Waals surface area contributed by atoms with E-state index in [1.807, 2.05) is 48.5 Å². The predicted octanol–water partition coefficient (Wildman–Crippen LogP) is 3.52. The second-order valence-electron chi connectivity index (χ2n) is 5.86. The third-order valence-electron chi connectivity index (χ3n) is 4.20. The summed E-state index contributed by atoms with van der Waals surface area (Å²) in [5.74, 6) is 3.14. The summed E-state index contributed by atoms with van der Waals surface area (Å²) in [5.41, 5.74) is 2.95. The maximum Gasteiger partial charge on any atom is 0.251 e. The van der Waals surface area contributed by atoms with Gasteiger partial charge in [-0.25, -0.2) is 0 Å². The highest BCUT2D eigenvalue weighted by Crippen LogP contribution is 2.15. The van der Waals surface area contributed by atoms with E-state index >= 15 is 0 Å². The summed E-state index contributed by atoms with van der Waals surface area (Å²) in [5, 5.41) is 2.96. The number of anilines is 1. The van der Waals surface area contributed by atoms with Gasteiger partial charge in [0.2, 0.25) is 0 Å². The van der Waals surface area contributed by atoms with E-state index in [4.69, 9.17) is 11.2 Å². The van der Waals surface area contributed by atoms with Crippen LogP contribution in [0.5, 0.6) is 5.75 Å². The molecule has 1 N–H and O–H groups in total. The van der Waals surface area contributed by atoms with Crippen LogP contribution in [0.3, 0.4) is 0 Å². The van der Waals surface area contributed by atoms with Gasteiger partial charge in [-0.15, -0.1) is 6.42 Å². The molecule has 0 aliphatic heterocycles. The number of amides is 1. The van der Waals surface area contributed by atoms with E-state index in [-0.39, 0.29) is 12.5 Å². The molecule has 26 heavy (non-hydrogen) atoms. The van der Waals surface area contributed by atoms with Crippen molar-refractivity contribution in [2.75, 3.05) is 31.1 Å². The van der Waals surface area contributed by atoms with Gasteiger partial charge in [-0.05, 0) is 62.2 Å². The van der Waals surface area contributed by atoms with Crippen LogP contribution in [0.25, 0.3) is 0 Å². The zero-order valence-electron chi connectivity index (χ0n) is 15.5. The van der Waals surface area contributed by atoms with Crippen LogP contribution in [0.15, 0.2) is 48.5 Å². The maximum absolute atomic E-state index is 12.3. The zero-order valence-corrected chi connectivity index (χ0v) is 15.5. The minimum Gasteiger partial charge on any atom is -0.481 e. The molecule has 0 bridgehead atoms. The van der Waals surface area contributed by atoms with Gasteiger partial charge in [0.05, 0.1) is 0 Å². The van der Waals surface area contributed by atoms with Crippen LogP contribution >= 0.6 is 0 Å². The molecule has 0 saturated heterocycles. The first-order valence-electron chi connectivity index (χ1n) is 8.96. The zero-order chi connectivity index (χ0) is 18.8. The molecule has 0 spiro atoms. The quantitative estimate of drug-likeness (QED) is 0.704. The van der Waals surface area contributed by atoms with E-state index in [2.05, 4.69) is 30.0 Å². The van der Waals surface area contributed by atoms with Crippen molar-refractivity contribution in [2.24, 2.45) is 0 Å². The van der Waals surface area contributed by atoms with Gasteiger partial charge in [0, 0.05) is 30.9 Å². The Bertz CT molecular complexity index is 726. The molecule has 0 aromatic heterocycles. The summed E-state index contributed by atoms with van der Waals surface area (Å²) in [4.78, 5) is 14.5. The monoisotopic (exact) mass is 350 g/mol. The van der Waals surface area contributed by atoms with Crippen molar-refractivity contribution < 1.29 is 9.53 Å². The molecule has 136 valence electrons. The van der Waals surface area contributed by atoms with Crippen LogP contribution < -0.4 is 15.0 Å². The molecule has 1 amide bonds. The van der Waals surface area contributed by atoms with Crippen molar-refractivity contribution in [1.82, 2.24) is 5.32 Å². The highest BCUT2D eigenvalue weighted by atomic mass is 16.5. The van der Waals surface area contributed by atoms with E-state index in [1.165, 1.54) is 0 Å². The first-order valence-corrected chi connectivity index (χ1v) is 8.96. The molecule has 0 unspecified atom stereocenters. The molecular formula is C22H26N2O2. The van der Waals surface area contributed by atoms with Gasteiger partial charge in [0.1, 0.15) is 12.4 Å². The molecule has 0 heterocycles. The highest BCUT2D eigenvalue weighted by Gasteiger charge is 2.07. The Hall–Kier alpha value is -2.93. The summed E-state index contributed by atoms with van der Waals surface area (Å²) in [6.45, 7) is 7.00. The lowest BCUT2D eigenvalue weighted by atomic mass is 10.1.